The van der Waals surface area contributed by atoms with Gasteiger partial charge in [-0.25, -0.2) is 0 Å². The molecule has 0 bridgehead atoms. The summed E-state index contributed by atoms with van der Waals surface area (Å²) in [5, 5.41) is 0. The highest BCUT2D eigenvalue weighted by Crippen LogP contribution is 2.16. The Morgan fingerprint density at radius 1 is 0.714 bits per heavy atom. The van der Waals surface area contributed by atoms with Gasteiger partial charge < -0.3 is 0 Å². The molecule has 0 radical (unpaired) electrons. The Hall–Kier alpha value is 4.38. The van der Waals surface area contributed by atoms with Crippen LogP contribution in [0.5, 0.6) is 0 Å². The summed E-state index contributed by atoms with van der Waals surface area (Å²) in [6, 6.07) is 0. The molecular formula is C8H26I6. The summed E-state index contributed by atoms with van der Waals surface area (Å²) in [4.78, 5) is 1.97. The Morgan fingerprint density at radius 3 is 0.714 bits per heavy atom. The standard InChI is InChI=1S/CHI3.CH2I2.CH3I.5CH4/c2-1(3)4;2-1-3;1-2;;;;;/h1H;1H2;1H3;5*1H4. The summed E-state index contributed by atoms with van der Waals surface area (Å²) in [5.74, 6) is 0. The van der Waals surface area contributed by atoms with Gasteiger partial charge in [0, 0.05) is 0 Å². The van der Waals surface area contributed by atoms with Crippen LogP contribution in [0.3, 0.4) is 0 Å². The predicted molar refractivity (Wildman–Crippen MR) is 132 cm³/mol. The van der Waals surface area contributed by atoms with Crippen molar-refractivity contribution in [3.8, 4) is 0 Å². The Balaban J connectivity index is -0.00000000565. The van der Waals surface area contributed by atoms with Crippen LogP contribution in [0.1, 0.15) is 37.1 Å². The first-order valence-electron chi connectivity index (χ1n) is 1.57. The van der Waals surface area contributed by atoms with Gasteiger partial charge in [-0.1, -0.05) is 173 Å². The van der Waals surface area contributed by atoms with Crippen molar-refractivity contribution in [2.24, 2.45) is 0 Å². The Kier molecular flexibility index (Phi) is 244. The molecule has 0 atom stereocenters. The molecule has 0 nitrogen and oxygen atoms in total. The van der Waals surface area contributed by atoms with Crippen LogP contribution in [-0.2, 0) is 0 Å². The maximum atomic E-state index is 2.32. The average molecular weight is 884 g/mol. The first-order valence-corrected chi connectivity index (χ1v) is 10.5. The maximum absolute atomic E-state index is 2.32. The van der Waals surface area contributed by atoms with Gasteiger partial charge in [-0.05, 0) is 4.93 Å². The predicted octanol–water partition coefficient (Wildman–Crippen LogP) is 8.62. The van der Waals surface area contributed by atoms with Crippen molar-refractivity contribution in [1.82, 2.24) is 0 Å². The number of rotatable bonds is 0. The van der Waals surface area contributed by atoms with E-state index in [2.05, 4.69) is 136 Å². The van der Waals surface area contributed by atoms with E-state index in [9.17, 15) is 0 Å². The van der Waals surface area contributed by atoms with Gasteiger partial charge in [0.2, 0.25) is 0 Å². The molecule has 14 heavy (non-hydrogen) atoms. The van der Waals surface area contributed by atoms with E-state index in [1.54, 1.807) is 0 Å². The van der Waals surface area contributed by atoms with E-state index >= 15 is 0 Å². The lowest BCUT2D eigenvalue weighted by atomic mass is 12.0. The van der Waals surface area contributed by atoms with Crippen molar-refractivity contribution in [2.75, 3.05) is 7.36 Å². The third kappa shape index (κ3) is 202. The van der Waals surface area contributed by atoms with Gasteiger partial charge >= 0.3 is 0 Å². The molecular weight excluding hydrogens is 858 g/mol. The third-order valence-electron chi connectivity index (χ3n) is 0. The van der Waals surface area contributed by atoms with E-state index in [1.807, 2.05) is 4.93 Å². The van der Waals surface area contributed by atoms with Crippen molar-refractivity contribution in [3.63, 3.8) is 0 Å². The van der Waals surface area contributed by atoms with Gasteiger partial charge in [-0.15, -0.1) is 0 Å². The second-order valence-corrected chi connectivity index (χ2v) is 15.7. The lowest BCUT2D eigenvalue weighted by Crippen LogP contribution is -1.47. The summed E-state index contributed by atoms with van der Waals surface area (Å²) in [6.45, 7) is 0. The van der Waals surface area contributed by atoms with Crippen LogP contribution in [0.2, 0.25) is 0 Å². The topological polar surface area (TPSA) is 0 Å². The zero-order chi connectivity index (χ0) is 8.28. The molecule has 0 aliphatic carbocycles. The molecule has 0 unspecified atom stereocenters. The Labute approximate surface area is 176 Å². The fourth-order valence-electron chi connectivity index (χ4n) is 0. The Morgan fingerprint density at radius 2 is 0.714 bits per heavy atom. The highest BCUT2D eigenvalue weighted by molar-refractivity contribution is 14.3. The summed E-state index contributed by atoms with van der Waals surface area (Å²) in [5.41, 5.74) is 0. The summed E-state index contributed by atoms with van der Waals surface area (Å²) in [6.07, 6.45) is 0. The molecule has 0 N–H and O–H groups in total. The molecule has 0 heterocycles. The first-order chi connectivity index (χ1) is 4.15. The molecule has 100 valence electrons. The van der Waals surface area contributed by atoms with Crippen molar-refractivity contribution in [2.45, 2.75) is 37.1 Å². The molecule has 0 aromatic rings. The molecule has 6 heteroatoms. The van der Waals surface area contributed by atoms with Gasteiger partial charge in [0.25, 0.3) is 0 Å². The SMILES string of the molecule is C.C.C.C.C.CI.IC(I)I.ICI. The van der Waals surface area contributed by atoms with E-state index in [4.69, 9.17) is 0 Å². The monoisotopic (exact) mass is 884 g/mol. The van der Waals surface area contributed by atoms with E-state index in [-0.39, 0.29) is 37.1 Å². The van der Waals surface area contributed by atoms with Crippen LogP contribution in [0.4, 0.5) is 0 Å². The van der Waals surface area contributed by atoms with E-state index in [0.717, 1.165) is -0.0619 Å². The second-order valence-electron chi connectivity index (χ2n) is 0.348. The molecule has 0 aliphatic heterocycles. The van der Waals surface area contributed by atoms with E-state index in [1.165, 1.54) is 2.43 Å². The van der Waals surface area contributed by atoms with Gasteiger partial charge in [0.05, 0.1) is 2.43 Å². The Bertz CT molecular complexity index is 25.0. The average Bonchev–Trinajstić information content (AvgIpc) is 1.71. The molecule has 0 aliphatic rings. The van der Waals surface area contributed by atoms with Gasteiger partial charge in [0.1, 0.15) is -0.0619 Å². The fourth-order valence-corrected chi connectivity index (χ4v) is 0. The third-order valence-corrected chi connectivity index (χ3v) is 0. The quantitative estimate of drug-likeness (QED) is 0.169. The molecule has 0 rings (SSSR count). The van der Waals surface area contributed by atoms with Crippen LogP contribution in [-0.4, -0.2) is 7.30 Å². The number of halogens is 6. The van der Waals surface area contributed by atoms with Crippen molar-refractivity contribution in [1.29, 1.82) is 0 Å². The molecule has 0 aromatic carbocycles. The summed E-state index contributed by atoms with van der Waals surface area (Å²) < 4.78 is 1.93. The molecule has 0 aromatic heterocycles. The minimum Gasteiger partial charge on any atom is -0.0901 e. The van der Waals surface area contributed by atoms with Gasteiger partial charge in [-0.3, -0.25) is 0 Å². The molecule has 0 fully saturated rings. The first kappa shape index (κ1) is 51.5. The minimum atomic E-state index is 0. The largest absolute Gasteiger partial charge is 0.114 e. The van der Waals surface area contributed by atoms with Crippen LogP contribution in [0.15, 0.2) is 0 Å². The summed E-state index contributed by atoms with van der Waals surface area (Å²) in [7, 11) is 0. The highest BCUT2D eigenvalue weighted by Gasteiger charge is 1.76. The minimum absolute atomic E-state index is 0. The van der Waals surface area contributed by atoms with Crippen LogP contribution in [0.25, 0.3) is 0 Å². The van der Waals surface area contributed by atoms with E-state index < -0.39 is 0 Å². The van der Waals surface area contributed by atoms with Crippen molar-refractivity contribution >= 4 is 136 Å². The zero-order valence-electron chi connectivity index (χ0n) is 4.55. The van der Waals surface area contributed by atoms with Gasteiger partial charge in [-0.2, -0.15) is 0 Å². The van der Waals surface area contributed by atoms with Crippen molar-refractivity contribution < 1.29 is 0 Å². The number of hydrogen-bond donors (Lipinski definition) is 0. The second kappa shape index (κ2) is 66.4. The van der Waals surface area contributed by atoms with E-state index in [0.29, 0.717) is 0 Å². The van der Waals surface area contributed by atoms with Crippen molar-refractivity contribution in [3.05, 3.63) is 0 Å². The van der Waals surface area contributed by atoms with Crippen LogP contribution in [0, 0.1) is 0 Å². The highest BCUT2D eigenvalue weighted by atomic mass is 127. The normalized spacial score (nSPS) is 4.29. The lowest BCUT2D eigenvalue weighted by Gasteiger charge is -1.71. The fraction of sp³-hybridized carbons (Fsp3) is 1.00. The lowest BCUT2D eigenvalue weighted by molar-refractivity contribution is 2.47. The smallest absolute Gasteiger partial charge is 0.0901 e. The summed E-state index contributed by atoms with van der Waals surface area (Å²) >= 11 is 13.6. The number of alkyl halides is 6. The molecule has 0 spiro atoms. The zero-order valence-corrected chi connectivity index (χ0v) is 17.5. The number of hydrogen-bond acceptors (Lipinski definition) is 0. The van der Waals surface area contributed by atoms with Gasteiger partial charge in [0.15, 0.2) is 0 Å². The molecule has 0 amide bonds. The molecule has 0 saturated heterocycles. The molecule has 0 saturated carbocycles. The van der Waals surface area contributed by atoms with Crippen LogP contribution >= 0.6 is 136 Å². The maximum Gasteiger partial charge on any atom is 0.114 e. The van der Waals surface area contributed by atoms with Crippen LogP contribution < -0.4 is 0 Å².